The van der Waals surface area contributed by atoms with E-state index in [1.54, 1.807) is 36.4 Å². The topological polar surface area (TPSA) is 71.3 Å². The second-order valence-electron chi connectivity index (χ2n) is 7.23. The fourth-order valence-electron chi connectivity index (χ4n) is 3.77. The van der Waals surface area contributed by atoms with Gasteiger partial charge < -0.3 is 4.74 Å². The van der Waals surface area contributed by atoms with Crippen LogP contribution in [0.2, 0.25) is 0 Å². The van der Waals surface area contributed by atoms with Gasteiger partial charge in [0.2, 0.25) is 0 Å². The van der Waals surface area contributed by atoms with E-state index in [4.69, 9.17) is 4.74 Å². The normalized spacial score (nSPS) is 19.2. The van der Waals surface area contributed by atoms with Crippen LogP contribution in [-0.4, -0.2) is 16.9 Å². The van der Waals surface area contributed by atoms with Crippen molar-refractivity contribution < 1.29 is 18.7 Å². The molecule has 2 heterocycles. The summed E-state index contributed by atoms with van der Waals surface area (Å²) in [4.78, 5) is 26.0. The second-order valence-corrected chi connectivity index (χ2v) is 7.23. The van der Waals surface area contributed by atoms with Gasteiger partial charge in [0, 0.05) is 18.7 Å². The zero-order valence-electron chi connectivity index (χ0n) is 15.8. The van der Waals surface area contributed by atoms with Crippen LogP contribution in [-0.2, 0) is 17.9 Å². The molecular formula is C23H16FN3O3. The van der Waals surface area contributed by atoms with Crippen molar-refractivity contribution in [3.05, 3.63) is 94.8 Å². The molecule has 0 saturated heterocycles. The van der Waals surface area contributed by atoms with Crippen molar-refractivity contribution >= 4 is 17.7 Å². The van der Waals surface area contributed by atoms with Gasteiger partial charge in [0.05, 0.1) is 11.6 Å². The van der Waals surface area contributed by atoms with Crippen molar-refractivity contribution in [1.82, 2.24) is 4.90 Å². The first kappa shape index (κ1) is 18.2. The molecule has 1 aliphatic carbocycles. The van der Waals surface area contributed by atoms with Crippen LogP contribution in [0.25, 0.3) is 5.70 Å². The summed E-state index contributed by atoms with van der Waals surface area (Å²) in [5, 5.41) is 7.82. The fraction of sp³-hybridized carbons (Fsp3) is 0.130. The molecule has 0 saturated carbocycles. The summed E-state index contributed by atoms with van der Waals surface area (Å²) in [6.07, 6.45) is 6.84. The third kappa shape index (κ3) is 3.24. The summed E-state index contributed by atoms with van der Waals surface area (Å²) in [6, 6.07) is 11.4. The summed E-state index contributed by atoms with van der Waals surface area (Å²) >= 11 is 0. The Hall–Kier alpha value is -3.87. The van der Waals surface area contributed by atoms with Crippen LogP contribution in [0.3, 0.4) is 0 Å². The van der Waals surface area contributed by atoms with E-state index in [0.717, 1.165) is 22.3 Å². The van der Waals surface area contributed by atoms with E-state index >= 15 is 0 Å². The van der Waals surface area contributed by atoms with E-state index in [0.29, 0.717) is 24.5 Å². The average molecular weight is 401 g/mol. The molecule has 0 bridgehead atoms. The van der Waals surface area contributed by atoms with Crippen molar-refractivity contribution in [2.45, 2.75) is 13.1 Å². The smallest absolute Gasteiger partial charge is 0.410 e. The number of azo groups is 1. The van der Waals surface area contributed by atoms with Crippen molar-refractivity contribution in [1.29, 1.82) is 0 Å². The first-order valence-electron chi connectivity index (χ1n) is 9.47. The van der Waals surface area contributed by atoms with E-state index in [1.165, 1.54) is 17.0 Å². The highest BCUT2D eigenvalue weighted by Crippen LogP contribution is 2.34. The van der Waals surface area contributed by atoms with Crippen LogP contribution in [0.1, 0.15) is 16.7 Å². The van der Waals surface area contributed by atoms with Gasteiger partial charge >= 0.3 is 6.09 Å². The zero-order valence-corrected chi connectivity index (χ0v) is 15.8. The van der Waals surface area contributed by atoms with Crippen molar-refractivity contribution in [2.24, 2.45) is 16.1 Å². The van der Waals surface area contributed by atoms with Crippen LogP contribution >= 0.6 is 0 Å². The van der Waals surface area contributed by atoms with Crippen LogP contribution in [0, 0.1) is 11.7 Å². The van der Waals surface area contributed by atoms with Crippen LogP contribution in [0.4, 0.5) is 9.18 Å². The van der Waals surface area contributed by atoms with E-state index in [1.807, 2.05) is 18.2 Å². The van der Waals surface area contributed by atoms with E-state index in [-0.39, 0.29) is 11.7 Å². The molecule has 2 aromatic carbocycles. The Balaban J connectivity index is 1.31. The third-order valence-corrected chi connectivity index (χ3v) is 5.30. The predicted molar refractivity (Wildman–Crippen MR) is 107 cm³/mol. The summed E-state index contributed by atoms with van der Waals surface area (Å²) < 4.78 is 18.8. The van der Waals surface area contributed by atoms with Crippen LogP contribution < -0.4 is 4.74 Å². The number of rotatable bonds is 2. The molecule has 148 valence electrons. The van der Waals surface area contributed by atoms with Crippen molar-refractivity contribution in [3.8, 4) is 5.75 Å². The molecule has 0 N–H and O–H groups in total. The Morgan fingerprint density at radius 1 is 1.03 bits per heavy atom. The first-order chi connectivity index (χ1) is 14.6. The summed E-state index contributed by atoms with van der Waals surface area (Å²) in [6.45, 7) is 0.703. The monoisotopic (exact) mass is 401 g/mol. The number of carbonyl (C=O) groups excluding carboxylic acids is 2. The molecular weight excluding hydrogens is 385 g/mol. The lowest BCUT2D eigenvalue weighted by Crippen LogP contribution is -2.28. The Morgan fingerprint density at radius 2 is 1.83 bits per heavy atom. The molecule has 30 heavy (non-hydrogen) atoms. The number of halogens is 1. The number of nitrogens with zero attached hydrogens (tertiary/aromatic N) is 3. The highest BCUT2D eigenvalue weighted by Gasteiger charge is 2.28. The SMILES string of the molecule is O=C1N=NC(c2ccc(OC(=O)N3Cc4ccc(F)cc4C3)cc2)=C2C=CC=CC12. The van der Waals surface area contributed by atoms with Gasteiger partial charge in [-0.1, -0.05) is 30.4 Å². The number of carbonyl (C=O) groups is 2. The van der Waals surface area contributed by atoms with Gasteiger partial charge in [0.25, 0.3) is 5.91 Å². The van der Waals surface area contributed by atoms with Gasteiger partial charge in [-0.15, -0.1) is 10.2 Å². The van der Waals surface area contributed by atoms with Gasteiger partial charge in [-0.05, 0) is 53.1 Å². The van der Waals surface area contributed by atoms with Crippen molar-refractivity contribution in [3.63, 3.8) is 0 Å². The van der Waals surface area contributed by atoms with Gasteiger partial charge in [-0.2, -0.15) is 0 Å². The molecule has 2 aliphatic heterocycles. The van der Waals surface area contributed by atoms with Gasteiger partial charge in [-0.3, -0.25) is 9.69 Å². The van der Waals surface area contributed by atoms with Gasteiger partial charge in [0.15, 0.2) is 0 Å². The Bertz CT molecular complexity index is 1180. The van der Waals surface area contributed by atoms with Crippen LogP contribution in [0.15, 0.2) is 82.6 Å². The lowest BCUT2D eigenvalue weighted by molar-refractivity contribution is -0.119. The molecule has 2 amide bonds. The highest BCUT2D eigenvalue weighted by molar-refractivity contribution is 5.91. The number of ether oxygens (including phenoxy) is 1. The molecule has 6 nitrogen and oxygen atoms in total. The molecule has 0 aromatic heterocycles. The molecule has 3 aliphatic rings. The van der Waals surface area contributed by atoms with Crippen LogP contribution in [0.5, 0.6) is 5.75 Å². The molecule has 5 rings (SSSR count). The minimum atomic E-state index is -0.496. The van der Waals surface area contributed by atoms with Gasteiger partial charge in [-0.25, -0.2) is 9.18 Å². The molecule has 0 spiro atoms. The average Bonchev–Trinajstić information content (AvgIpc) is 3.18. The zero-order chi connectivity index (χ0) is 20.7. The maximum absolute atomic E-state index is 13.4. The van der Waals surface area contributed by atoms with E-state index < -0.39 is 12.0 Å². The van der Waals surface area contributed by atoms with E-state index in [2.05, 4.69) is 10.2 Å². The quantitative estimate of drug-likeness (QED) is 0.727. The second kappa shape index (κ2) is 7.18. The summed E-state index contributed by atoms with van der Waals surface area (Å²) in [5.41, 5.74) is 3.89. The van der Waals surface area contributed by atoms with Gasteiger partial charge in [0.1, 0.15) is 11.6 Å². The first-order valence-corrected chi connectivity index (χ1v) is 9.47. The lowest BCUT2D eigenvalue weighted by atomic mass is 9.89. The Kier molecular flexibility index (Phi) is 4.35. The molecule has 0 fully saturated rings. The Morgan fingerprint density at radius 3 is 2.67 bits per heavy atom. The maximum Gasteiger partial charge on any atom is 0.415 e. The largest absolute Gasteiger partial charge is 0.415 e. The number of fused-ring (bicyclic) bond motifs is 2. The molecule has 0 radical (unpaired) electrons. The summed E-state index contributed by atoms with van der Waals surface area (Å²) in [7, 11) is 0. The number of hydrogen-bond donors (Lipinski definition) is 0. The molecule has 7 heteroatoms. The van der Waals surface area contributed by atoms with E-state index in [9.17, 15) is 14.0 Å². The number of allylic oxidation sites excluding steroid dienone is 3. The number of hydrogen-bond acceptors (Lipinski definition) is 4. The molecule has 1 unspecified atom stereocenters. The minimum Gasteiger partial charge on any atom is -0.410 e. The molecule has 2 aromatic rings. The Labute approximate surface area is 171 Å². The number of amides is 2. The predicted octanol–water partition coefficient (Wildman–Crippen LogP) is 4.79. The summed E-state index contributed by atoms with van der Waals surface area (Å²) in [5.74, 6) is -0.633. The van der Waals surface area contributed by atoms with Crippen molar-refractivity contribution in [2.75, 3.05) is 0 Å². The maximum atomic E-state index is 13.4. The standard InChI is InChI=1S/C23H16FN3O3/c24-17-8-5-15-12-27(13-16(15)11-17)23(29)30-18-9-6-14(7-10-18)21-19-3-1-2-4-20(19)22(28)26-25-21/h1-11,20H,12-13H2. The minimum absolute atomic E-state index is 0.286. The lowest BCUT2D eigenvalue weighted by Gasteiger charge is -2.19. The third-order valence-electron chi connectivity index (χ3n) is 5.30. The fourth-order valence-corrected chi connectivity index (χ4v) is 3.77. The molecule has 1 atom stereocenters. The highest BCUT2D eigenvalue weighted by atomic mass is 19.1. The number of benzene rings is 2.